The number of nitrogens with one attached hydrogen (secondary N) is 1. The van der Waals surface area contributed by atoms with E-state index in [0.29, 0.717) is 17.0 Å². The summed E-state index contributed by atoms with van der Waals surface area (Å²) in [5.41, 5.74) is 2.93. The Labute approximate surface area is 196 Å². The lowest BCUT2D eigenvalue weighted by atomic mass is 9.97. The van der Waals surface area contributed by atoms with Gasteiger partial charge in [0, 0.05) is 11.8 Å². The van der Waals surface area contributed by atoms with Gasteiger partial charge >= 0.3 is 0 Å². The third-order valence-corrected chi connectivity index (χ3v) is 5.39. The van der Waals surface area contributed by atoms with Crippen molar-refractivity contribution in [2.24, 2.45) is 0 Å². The van der Waals surface area contributed by atoms with E-state index in [1.54, 1.807) is 30.3 Å². The molecule has 0 radical (unpaired) electrons. The first kappa shape index (κ1) is 23.2. The SMILES string of the molecule is Cc1ccc(C2=C(Nc3ccc(F)c(F)c3)C(=O)N(c3ccccc3OC(C)C)C2=O)c(C)c1. The summed E-state index contributed by atoms with van der Waals surface area (Å²) in [5, 5.41) is 2.86. The molecule has 0 spiro atoms. The number of ether oxygens (including phenoxy) is 1. The third-order valence-electron chi connectivity index (χ3n) is 5.39. The van der Waals surface area contributed by atoms with E-state index in [4.69, 9.17) is 4.74 Å². The summed E-state index contributed by atoms with van der Waals surface area (Å²) in [6, 6.07) is 15.5. The molecule has 0 unspecified atom stereocenters. The minimum atomic E-state index is -1.07. The number of carbonyl (C=O) groups excluding carboxylic acids is 2. The Morgan fingerprint density at radius 2 is 1.62 bits per heavy atom. The highest BCUT2D eigenvalue weighted by atomic mass is 19.2. The maximum atomic E-state index is 13.9. The Morgan fingerprint density at radius 3 is 2.29 bits per heavy atom. The molecule has 0 aliphatic carbocycles. The van der Waals surface area contributed by atoms with Crippen LogP contribution in [0.15, 0.2) is 66.4 Å². The predicted molar refractivity (Wildman–Crippen MR) is 128 cm³/mol. The quantitative estimate of drug-likeness (QED) is 0.473. The minimum absolute atomic E-state index is 0.0256. The van der Waals surface area contributed by atoms with E-state index in [1.165, 1.54) is 6.07 Å². The fraction of sp³-hybridized carbons (Fsp3) is 0.185. The highest BCUT2D eigenvalue weighted by Crippen LogP contribution is 2.39. The molecular weight excluding hydrogens is 438 g/mol. The standard InChI is InChI=1S/C27H24F2N2O3/c1-15(2)34-23-8-6-5-7-22(23)31-26(32)24(19-11-9-16(3)13-17(19)4)25(27(31)33)30-18-10-12-20(28)21(29)14-18/h5-15,30H,1-4H3. The van der Waals surface area contributed by atoms with Gasteiger partial charge in [0.1, 0.15) is 11.4 Å². The zero-order chi connectivity index (χ0) is 24.6. The van der Waals surface area contributed by atoms with Crippen LogP contribution in [0.5, 0.6) is 5.75 Å². The van der Waals surface area contributed by atoms with Crippen LogP contribution in [0.1, 0.15) is 30.5 Å². The van der Waals surface area contributed by atoms with Crippen molar-refractivity contribution in [3.63, 3.8) is 0 Å². The first-order valence-electron chi connectivity index (χ1n) is 10.9. The highest BCUT2D eigenvalue weighted by molar-refractivity contribution is 6.46. The van der Waals surface area contributed by atoms with Gasteiger partial charge in [-0.05, 0) is 63.1 Å². The molecule has 2 amide bonds. The molecule has 1 N–H and O–H groups in total. The average molecular weight is 462 g/mol. The molecule has 34 heavy (non-hydrogen) atoms. The predicted octanol–water partition coefficient (Wildman–Crippen LogP) is 5.77. The second kappa shape index (κ2) is 9.09. The van der Waals surface area contributed by atoms with Crippen LogP contribution in [0.25, 0.3) is 5.57 Å². The molecule has 1 aliphatic heterocycles. The number of hydrogen-bond donors (Lipinski definition) is 1. The van der Waals surface area contributed by atoms with Crippen molar-refractivity contribution < 1.29 is 23.1 Å². The van der Waals surface area contributed by atoms with Crippen LogP contribution in [0.2, 0.25) is 0 Å². The second-order valence-corrected chi connectivity index (χ2v) is 8.40. The number of benzene rings is 3. The molecule has 4 rings (SSSR count). The molecule has 3 aromatic rings. The number of halogens is 2. The van der Waals surface area contributed by atoms with Gasteiger partial charge in [0.25, 0.3) is 11.8 Å². The summed E-state index contributed by atoms with van der Waals surface area (Å²) in [6.45, 7) is 7.47. The zero-order valence-corrected chi connectivity index (χ0v) is 19.3. The first-order valence-corrected chi connectivity index (χ1v) is 10.9. The fourth-order valence-electron chi connectivity index (χ4n) is 3.92. The van der Waals surface area contributed by atoms with E-state index in [1.807, 2.05) is 39.8 Å². The van der Waals surface area contributed by atoms with Crippen LogP contribution in [0, 0.1) is 25.5 Å². The van der Waals surface area contributed by atoms with E-state index in [2.05, 4.69) is 5.32 Å². The van der Waals surface area contributed by atoms with Gasteiger partial charge in [0.15, 0.2) is 11.6 Å². The lowest BCUT2D eigenvalue weighted by molar-refractivity contribution is -0.120. The molecule has 0 saturated heterocycles. The summed E-state index contributed by atoms with van der Waals surface area (Å²) >= 11 is 0. The Kier molecular flexibility index (Phi) is 6.20. The maximum Gasteiger partial charge on any atom is 0.282 e. The van der Waals surface area contributed by atoms with Crippen molar-refractivity contribution in [2.75, 3.05) is 10.2 Å². The van der Waals surface area contributed by atoms with Crippen molar-refractivity contribution in [3.05, 3.63) is 94.7 Å². The summed E-state index contributed by atoms with van der Waals surface area (Å²) in [4.78, 5) is 28.4. The zero-order valence-electron chi connectivity index (χ0n) is 19.3. The molecule has 3 aromatic carbocycles. The van der Waals surface area contributed by atoms with Gasteiger partial charge < -0.3 is 10.1 Å². The number of imide groups is 1. The minimum Gasteiger partial charge on any atom is -0.489 e. The van der Waals surface area contributed by atoms with Crippen LogP contribution >= 0.6 is 0 Å². The number of nitrogens with zero attached hydrogens (tertiary/aromatic N) is 1. The normalized spacial score (nSPS) is 13.8. The molecule has 5 nitrogen and oxygen atoms in total. The molecule has 1 aliphatic rings. The Balaban J connectivity index is 1.86. The van der Waals surface area contributed by atoms with E-state index in [9.17, 15) is 18.4 Å². The topological polar surface area (TPSA) is 58.6 Å². The summed E-state index contributed by atoms with van der Waals surface area (Å²) in [7, 11) is 0. The Bertz CT molecular complexity index is 1330. The molecule has 1 heterocycles. The van der Waals surface area contributed by atoms with E-state index in [-0.39, 0.29) is 23.1 Å². The number of amides is 2. The van der Waals surface area contributed by atoms with Gasteiger partial charge in [-0.1, -0.05) is 35.9 Å². The van der Waals surface area contributed by atoms with Crippen LogP contribution in [-0.4, -0.2) is 17.9 Å². The van der Waals surface area contributed by atoms with Crippen molar-refractivity contribution in [2.45, 2.75) is 33.8 Å². The van der Waals surface area contributed by atoms with Gasteiger partial charge in [-0.25, -0.2) is 13.7 Å². The Hall–Kier alpha value is -4.00. The fourth-order valence-corrected chi connectivity index (χ4v) is 3.92. The van der Waals surface area contributed by atoms with Crippen molar-refractivity contribution in [1.82, 2.24) is 0 Å². The van der Waals surface area contributed by atoms with Crippen LogP contribution in [-0.2, 0) is 9.59 Å². The number of hydrogen-bond acceptors (Lipinski definition) is 4. The molecule has 0 fully saturated rings. The summed E-state index contributed by atoms with van der Waals surface area (Å²) in [6.07, 6.45) is -0.180. The van der Waals surface area contributed by atoms with Crippen molar-refractivity contribution in [3.8, 4) is 5.75 Å². The van der Waals surface area contributed by atoms with Crippen LogP contribution in [0.4, 0.5) is 20.2 Å². The van der Waals surface area contributed by atoms with E-state index < -0.39 is 23.4 Å². The number of carbonyl (C=O) groups is 2. The van der Waals surface area contributed by atoms with E-state index in [0.717, 1.165) is 28.2 Å². The molecular formula is C27H24F2N2O3. The molecule has 0 atom stereocenters. The van der Waals surface area contributed by atoms with Crippen LogP contribution < -0.4 is 15.0 Å². The molecule has 174 valence electrons. The molecule has 0 saturated carbocycles. The van der Waals surface area contributed by atoms with Gasteiger partial charge in [-0.15, -0.1) is 0 Å². The first-order chi connectivity index (χ1) is 16.2. The van der Waals surface area contributed by atoms with Crippen molar-refractivity contribution >= 4 is 28.8 Å². The molecule has 0 bridgehead atoms. The average Bonchev–Trinajstić information content (AvgIpc) is 3.00. The lowest BCUT2D eigenvalue weighted by Gasteiger charge is -2.20. The number of rotatable bonds is 6. The lowest BCUT2D eigenvalue weighted by Crippen LogP contribution is -2.33. The van der Waals surface area contributed by atoms with Crippen LogP contribution in [0.3, 0.4) is 0 Å². The Morgan fingerprint density at radius 1 is 0.882 bits per heavy atom. The van der Waals surface area contributed by atoms with Gasteiger partial charge in [-0.3, -0.25) is 9.59 Å². The summed E-state index contributed by atoms with van der Waals surface area (Å²) < 4.78 is 33.2. The number of anilines is 2. The van der Waals surface area contributed by atoms with E-state index >= 15 is 0 Å². The maximum absolute atomic E-state index is 13.9. The summed E-state index contributed by atoms with van der Waals surface area (Å²) in [5.74, 6) is -2.85. The number of para-hydroxylation sites is 2. The van der Waals surface area contributed by atoms with Gasteiger partial charge in [-0.2, -0.15) is 0 Å². The highest BCUT2D eigenvalue weighted by Gasteiger charge is 2.42. The second-order valence-electron chi connectivity index (χ2n) is 8.40. The van der Waals surface area contributed by atoms with Crippen molar-refractivity contribution in [1.29, 1.82) is 0 Å². The largest absolute Gasteiger partial charge is 0.489 e. The molecule has 0 aromatic heterocycles. The van der Waals surface area contributed by atoms with Gasteiger partial charge in [0.05, 0.1) is 17.4 Å². The third kappa shape index (κ3) is 4.29. The monoisotopic (exact) mass is 462 g/mol. The smallest absolute Gasteiger partial charge is 0.282 e. The number of aryl methyl sites for hydroxylation is 2. The van der Waals surface area contributed by atoms with Gasteiger partial charge in [0.2, 0.25) is 0 Å². The molecule has 7 heteroatoms.